The van der Waals surface area contributed by atoms with Crippen LogP contribution in [-0.2, 0) is 13.1 Å². The maximum Gasteiger partial charge on any atom is 0.250 e. The van der Waals surface area contributed by atoms with Gasteiger partial charge in [0.05, 0.1) is 18.4 Å². The number of nitrogens with one attached hydrogen (secondary N) is 1. The molecule has 2 aromatic heterocycles. The van der Waals surface area contributed by atoms with Gasteiger partial charge >= 0.3 is 0 Å². The lowest BCUT2D eigenvalue weighted by Gasteiger charge is -2.02. The number of hydrogen-bond acceptors (Lipinski definition) is 5. The van der Waals surface area contributed by atoms with E-state index in [0.29, 0.717) is 18.0 Å². The van der Waals surface area contributed by atoms with Crippen LogP contribution in [0.2, 0.25) is 0 Å². The minimum Gasteiger partial charge on any atom is -0.419 e. The number of aryl methyl sites for hydroxylation is 1. The Labute approximate surface area is 127 Å². The van der Waals surface area contributed by atoms with Gasteiger partial charge < -0.3 is 14.3 Å². The second-order valence-electron chi connectivity index (χ2n) is 4.81. The average molecular weight is 301 g/mol. The van der Waals surface area contributed by atoms with Crippen LogP contribution in [0.15, 0.2) is 47.4 Å². The van der Waals surface area contributed by atoms with Crippen LogP contribution >= 0.6 is 0 Å². The standard InChI is InChI=1S/C15H16FN5O/c16-13-5-2-1-4-12(13)15-20-19-14(22-15)10-17-6-3-8-21-9-7-18-11-21/h1-2,4-5,7,9,11,17H,3,6,8,10H2. The number of rotatable bonds is 7. The van der Waals surface area contributed by atoms with Crippen molar-refractivity contribution >= 4 is 0 Å². The van der Waals surface area contributed by atoms with Crippen LogP contribution in [0, 0.1) is 5.82 Å². The third kappa shape index (κ3) is 3.56. The summed E-state index contributed by atoms with van der Waals surface area (Å²) in [5.41, 5.74) is 0.321. The van der Waals surface area contributed by atoms with Crippen molar-refractivity contribution in [3.05, 3.63) is 54.7 Å². The SMILES string of the molecule is Fc1ccccc1-c1nnc(CNCCCn2ccnc2)o1. The number of nitrogens with zero attached hydrogens (tertiary/aromatic N) is 4. The van der Waals surface area contributed by atoms with Crippen molar-refractivity contribution in [1.82, 2.24) is 25.1 Å². The second kappa shape index (κ2) is 6.95. The van der Waals surface area contributed by atoms with Crippen LogP contribution < -0.4 is 5.32 Å². The van der Waals surface area contributed by atoms with Gasteiger partial charge in [0.25, 0.3) is 5.89 Å². The molecular weight excluding hydrogens is 285 g/mol. The lowest BCUT2D eigenvalue weighted by atomic mass is 10.2. The number of benzene rings is 1. The van der Waals surface area contributed by atoms with Crippen LogP contribution in [0.25, 0.3) is 11.5 Å². The molecule has 0 atom stereocenters. The van der Waals surface area contributed by atoms with Crippen molar-refractivity contribution in [3.63, 3.8) is 0 Å². The summed E-state index contributed by atoms with van der Waals surface area (Å²) in [5.74, 6) is 0.278. The highest BCUT2D eigenvalue weighted by Gasteiger charge is 2.11. The van der Waals surface area contributed by atoms with Crippen molar-refractivity contribution in [2.75, 3.05) is 6.54 Å². The fraction of sp³-hybridized carbons (Fsp3) is 0.267. The Morgan fingerprint density at radius 3 is 2.95 bits per heavy atom. The second-order valence-corrected chi connectivity index (χ2v) is 4.81. The molecule has 0 aliphatic carbocycles. The summed E-state index contributed by atoms with van der Waals surface area (Å²) >= 11 is 0. The average Bonchev–Trinajstić information content (AvgIpc) is 3.19. The minimum atomic E-state index is -0.369. The molecule has 0 saturated carbocycles. The van der Waals surface area contributed by atoms with Crippen LogP contribution in [0.3, 0.4) is 0 Å². The van der Waals surface area contributed by atoms with Gasteiger partial charge in [-0.05, 0) is 25.1 Å². The summed E-state index contributed by atoms with van der Waals surface area (Å²) in [6, 6.07) is 6.34. The number of aromatic nitrogens is 4. The lowest BCUT2D eigenvalue weighted by Crippen LogP contribution is -2.16. The number of imidazole rings is 1. The first-order valence-electron chi connectivity index (χ1n) is 7.06. The summed E-state index contributed by atoms with van der Waals surface area (Å²) in [6.45, 7) is 2.18. The first-order chi connectivity index (χ1) is 10.8. The van der Waals surface area contributed by atoms with Crippen LogP contribution in [-0.4, -0.2) is 26.3 Å². The van der Waals surface area contributed by atoms with Gasteiger partial charge in [0, 0.05) is 18.9 Å². The molecule has 0 radical (unpaired) electrons. The Morgan fingerprint density at radius 1 is 1.23 bits per heavy atom. The van der Waals surface area contributed by atoms with Crippen LogP contribution in [0.1, 0.15) is 12.3 Å². The predicted molar refractivity (Wildman–Crippen MR) is 78.2 cm³/mol. The Bertz CT molecular complexity index is 710. The molecule has 7 heteroatoms. The normalized spacial score (nSPS) is 11.0. The van der Waals surface area contributed by atoms with E-state index in [-0.39, 0.29) is 11.7 Å². The smallest absolute Gasteiger partial charge is 0.250 e. The number of hydrogen-bond donors (Lipinski definition) is 1. The molecule has 0 bridgehead atoms. The maximum atomic E-state index is 13.6. The van der Waals surface area contributed by atoms with Crippen molar-refractivity contribution in [2.45, 2.75) is 19.5 Å². The molecule has 0 spiro atoms. The third-order valence-electron chi connectivity index (χ3n) is 3.18. The summed E-state index contributed by atoms with van der Waals surface area (Å²) in [5, 5.41) is 11.0. The maximum absolute atomic E-state index is 13.6. The summed E-state index contributed by atoms with van der Waals surface area (Å²) in [4.78, 5) is 3.99. The zero-order valence-electron chi connectivity index (χ0n) is 11.9. The van der Waals surface area contributed by atoms with E-state index in [1.54, 1.807) is 30.7 Å². The Morgan fingerprint density at radius 2 is 2.14 bits per heavy atom. The van der Waals surface area contributed by atoms with Crippen molar-refractivity contribution < 1.29 is 8.81 Å². The fourth-order valence-electron chi connectivity index (χ4n) is 2.07. The third-order valence-corrected chi connectivity index (χ3v) is 3.18. The highest BCUT2D eigenvalue weighted by atomic mass is 19.1. The molecule has 6 nitrogen and oxygen atoms in total. The van der Waals surface area contributed by atoms with Crippen molar-refractivity contribution in [2.24, 2.45) is 0 Å². The molecule has 0 fully saturated rings. The van der Waals surface area contributed by atoms with E-state index in [9.17, 15) is 4.39 Å². The zero-order valence-corrected chi connectivity index (χ0v) is 11.9. The molecule has 0 amide bonds. The predicted octanol–water partition coefficient (Wildman–Crippen LogP) is 2.25. The number of halogens is 1. The fourth-order valence-corrected chi connectivity index (χ4v) is 2.07. The first kappa shape index (κ1) is 14.4. The highest BCUT2D eigenvalue weighted by Crippen LogP contribution is 2.20. The monoisotopic (exact) mass is 301 g/mol. The largest absolute Gasteiger partial charge is 0.419 e. The van der Waals surface area contributed by atoms with Gasteiger partial charge in [0.2, 0.25) is 5.89 Å². The molecule has 2 heterocycles. The molecule has 3 rings (SSSR count). The van der Waals surface area contributed by atoms with E-state index in [1.807, 2.05) is 10.8 Å². The molecule has 3 aromatic rings. The van der Waals surface area contributed by atoms with E-state index in [0.717, 1.165) is 19.5 Å². The van der Waals surface area contributed by atoms with E-state index < -0.39 is 0 Å². The molecule has 0 unspecified atom stereocenters. The lowest BCUT2D eigenvalue weighted by molar-refractivity contribution is 0.468. The zero-order chi connectivity index (χ0) is 15.2. The Balaban J connectivity index is 1.47. The molecule has 114 valence electrons. The van der Waals surface area contributed by atoms with Gasteiger partial charge in [-0.25, -0.2) is 9.37 Å². The molecule has 0 aliphatic heterocycles. The van der Waals surface area contributed by atoms with E-state index >= 15 is 0 Å². The first-order valence-corrected chi connectivity index (χ1v) is 7.06. The van der Waals surface area contributed by atoms with Gasteiger partial charge in [0.15, 0.2) is 0 Å². The van der Waals surface area contributed by atoms with Crippen LogP contribution in [0.5, 0.6) is 0 Å². The molecule has 1 aromatic carbocycles. The van der Waals surface area contributed by atoms with Gasteiger partial charge in [-0.1, -0.05) is 12.1 Å². The van der Waals surface area contributed by atoms with Gasteiger partial charge in [-0.2, -0.15) is 0 Å². The van der Waals surface area contributed by atoms with E-state index in [2.05, 4.69) is 20.5 Å². The molecule has 1 N–H and O–H groups in total. The molecule has 0 saturated heterocycles. The van der Waals surface area contributed by atoms with Gasteiger partial charge in [-0.3, -0.25) is 0 Å². The quantitative estimate of drug-likeness (QED) is 0.678. The molecule has 0 aliphatic rings. The summed E-state index contributed by atoms with van der Waals surface area (Å²) < 4.78 is 21.1. The van der Waals surface area contributed by atoms with Gasteiger partial charge in [0.1, 0.15) is 5.82 Å². The van der Waals surface area contributed by atoms with Crippen LogP contribution in [0.4, 0.5) is 4.39 Å². The van der Waals surface area contributed by atoms with E-state index in [1.165, 1.54) is 6.07 Å². The topological polar surface area (TPSA) is 68.8 Å². The Kier molecular flexibility index (Phi) is 4.55. The van der Waals surface area contributed by atoms with Gasteiger partial charge in [-0.15, -0.1) is 10.2 Å². The summed E-state index contributed by atoms with van der Waals surface area (Å²) in [7, 11) is 0. The highest BCUT2D eigenvalue weighted by molar-refractivity contribution is 5.53. The van der Waals surface area contributed by atoms with Crippen molar-refractivity contribution in [1.29, 1.82) is 0 Å². The van der Waals surface area contributed by atoms with Crippen molar-refractivity contribution in [3.8, 4) is 11.5 Å². The minimum absolute atomic E-state index is 0.202. The summed E-state index contributed by atoms with van der Waals surface area (Å²) in [6.07, 6.45) is 6.44. The molecular formula is C15H16FN5O. The Hall–Kier alpha value is -2.54. The molecule has 22 heavy (non-hydrogen) atoms. The van der Waals surface area contributed by atoms with E-state index in [4.69, 9.17) is 4.42 Å².